The van der Waals surface area contributed by atoms with E-state index in [1.807, 2.05) is 0 Å². The number of carbonyl (C=O) groups is 1. The molecule has 0 aliphatic carbocycles. The Balaban J connectivity index is 2.28. The highest BCUT2D eigenvalue weighted by Gasteiger charge is 2.26. The molecule has 23 heavy (non-hydrogen) atoms. The van der Waals surface area contributed by atoms with Crippen LogP contribution in [-0.2, 0) is 11.2 Å². The maximum atomic E-state index is 13.5. The maximum Gasteiger partial charge on any atom is 0.229 e. The second-order valence-corrected chi connectivity index (χ2v) is 5.32. The summed E-state index contributed by atoms with van der Waals surface area (Å²) >= 11 is 1.32. The van der Waals surface area contributed by atoms with E-state index < -0.39 is 47.0 Å². The Hall–Kier alpha value is -2.09. The molecule has 2 aromatic carbocycles. The smallest absolute Gasteiger partial charge is 0.229 e. The number of rotatable bonds is 4. The number of para-hydroxylation sites is 1. The summed E-state index contributed by atoms with van der Waals surface area (Å²) in [4.78, 5) is 12.6. The van der Waals surface area contributed by atoms with E-state index in [-0.39, 0.29) is 0 Å². The molecule has 0 saturated carbocycles. The monoisotopic (exact) mass is 347 g/mol. The van der Waals surface area contributed by atoms with Gasteiger partial charge in [0.1, 0.15) is 0 Å². The van der Waals surface area contributed by atoms with Crippen molar-refractivity contribution < 1.29 is 26.7 Å². The summed E-state index contributed by atoms with van der Waals surface area (Å²) in [6.45, 7) is 0. The third-order valence-corrected chi connectivity index (χ3v) is 3.81. The van der Waals surface area contributed by atoms with Gasteiger partial charge in [0.2, 0.25) is 11.7 Å². The zero-order chi connectivity index (χ0) is 17.1. The lowest BCUT2D eigenvalue weighted by Crippen LogP contribution is -2.18. The van der Waals surface area contributed by atoms with Crippen LogP contribution >= 0.6 is 11.8 Å². The van der Waals surface area contributed by atoms with Crippen LogP contribution in [0.4, 0.5) is 27.6 Å². The van der Waals surface area contributed by atoms with E-state index in [1.165, 1.54) is 11.8 Å². The highest BCUT2D eigenvalue weighted by Crippen LogP contribution is 2.26. The fraction of sp³-hybridized carbons (Fsp3) is 0.133. The Kier molecular flexibility index (Phi) is 5.25. The average Bonchev–Trinajstić information content (AvgIpc) is 2.55. The molecule has 0 fully saturated rings. The number of benzene rings is 2. The van der Waals surface area contributed by atoms with E-state index in [1.54, 1.807) is 30.5 Å². The Morgan fingerprint density at radius 3 is 2.04 bits per heavy atom. The number of hydrogen-bond acceptors (Lipinski definition) is 2. The molecule has 122 valence electrons. The molecule has 0 aromatic heterocycles. The molecular formula is C15H10F5NOS. The number of nitrogens with one attached hydrogen (secondary N) is 1. The molecule has 0 radical (unpaired) electrons. The first kappa shape index (κ1) is 17.3. The third kappa shape index (κ3) is 3.47. The number of halogens is 5. The van der Waals surface area contributed by atoms with Crippen molar-refractivity contribution in [1.29, 1.82) is 0 Å². The van der Waals surface area contributed by atoms with Gasteiger partial charge in [-0.25, -0.2) is 22.0 Å². The zero-order valence-corrected chi connectivity index (χ0v) is 12.5. The third-order valence-electron chi connectivity index (χ3n) is 3.02. The summed E-state index contributed by atoms with van der Waals surface area (Å²) < 4.78 is 66.2. The lowest BCUT2D eigenvalue weighted by molar-refractivity contribution is -0.115. The van der Waals surface area contributed by atoms with Gasteiger partial charge in [-0.1, -0.05) is 12.1 Å². The van der Waals surface area contributed by atoms with Crippen LogP contribution in [0, 0.1) is 29.1 Å². The first-order valence-electron chi connectivity index (χ1n) is 6.30. The van der Waals surface area contributed by atoms with Crippen LogP contribution < -0.4 is 5.32 Å². The van der Waals surface area contributed by atoms with Crippen molar-refractivity contribution in [2.24, 2.45) is 0 Å². The summed E-state index contributed by atoms with van der Waals surface area (Å²) in [5, 5.41) is 2.39. The highest BCUT2D eigenvalue weighted by atomic mass is 32.2. The first-order valence-corrected chi connectivity index (χ1v) is 7.52. The topological polar surface area (TPSA) is 29.1 Å². The number of hydrogen-bond donors (Lipinski definition) is 1. The van der Waals surface area contributed by atoms with Crippen LogP contribution in [0.25, 0.3) is 0 Å². The van der Waals surface area contributed by atoms with Crippen molar-refractivity contribution in [3.05, 3.63) is 58.9 Å². The molecule has 0 aliphatic heterocycles. The fourth-order valence-corrected chi connectivity index (χ4v) is 2.46. The highest BCUT2D eigenvalue weighted by molar-refractivity contribution is 7.98. The van der Waals surface area contributed by atoms with Crippen LogP contribution in [0.3, 0.4) is 0 Å². The zero-order valence-electron chi connectivity index (χ0n) is 11.7. The Labute approximate surface area is 132 Å². The Morgan fingerprint density at radius 2 is 1.48 bits per heavy atom. The van der Waals surface area contributed by atoms with Gasteiger partial charge in [0.25, 0.3) is 0 Å². The van der Waals surface area contributed by atoms with E-state index in [0.29, 0.717) is 10.6 Å². The predicted molar refractivity (Wildman–Crippen MR) is 76.8 cm³/mol. The van der Waals surface area contributed by atoms with Crippen LogP contribution in [0.5, 0.6) is 0 Å². The molecule has 0 saturated heterocycles. The number of amides is 1. The van der Waals surface area contributed by atoms with Crippen molar-refractivity contribution in [3.8, 4) is 0 Å². The van der Waals surface area contributed by atoms with Crippen LogP contribution in [0.15, 0.2) is 29.2 Å². The molecule has 0 atom stereocenters. The van der Waals surface area contributed by atoms with Crippen molar-refractivity contribution in [1.82, 2.24) is 0 Å². The first-order chi connectivity index (χ1) is 10.9. The van der Waals surface area contributed by atoms with Gasteiger partial charge in [0, 0.05) is 10.5 Å². The second kappa shape index (κ2) is 6.99. The molecule has 1 amide bonds. The quantitative estimate of drug-likeness (QED) is 0.387. The molecule has 2 rings (SSSR count). The Bertz CT molecular complexity index is 737. The van der Waals surface area contributed by atoms with Crippen molar-refractivity contribution >= 4 is 23.4 Å². The van der Waals surface area contributed by atoms with Crippen molar-refractivity contribution in [2.45, 2.75) is 11.3 Å². The average molecular weight is 347 g/mol. The molecule has 0 bridgehead atoms. The summed E-state index contributed by atoms with van der Waals surface area (Å²) in [5.74, 6) is -11.3. The minimum Gasteiger partial charge on any atom is -0.325 e. The largest absolute Gasteiger partial charge is 0.325 e. The lowest BCUT2D eigenvalue weighted by Gasteiger charge is -2.11. The molecule has 2 aromatic rings. The summed E-state index contributed by atoms with van der Waals surface area (Å²) in [6.07, 6.45) is 0.781. The molecule has 0 spiro atoms. The summed E-state index contributed by atoms with van der Waals surface area (Å²) in [7, 11) is 0. The van der Waals surface area contributed by atoms with Crippen LogP contribution in [0.2, 0.25) is 0 Å². The van der Waals surface area contributed by atoms with E-state index in [9.17, 15) is 26.7 Å². The van der Waals surface area contributed by atoms with E-state index in [2.05, 4.69) is 5.32 Å². The van der Waals surface area contributed by atoms with Crippen molar-refractivity contribution in [3.63, 3.8) is 0 Å². The standard InChI is InChI=1S/C15H10F5NOS/c1-23-9-5-3-2-4-8(9)21-10(22)6-7-11(16)13(18)15(20)14(19)12(7)17/h2-5H,6H2,1H3,(H,21,22). The van der Waals surface area contributed by atoms with Gasteiger partial charge >= 0.3 is 0 Å². The number of anilines is 1. The summed E-state index contributed by atoms with van der Waals surface area (Å²) in [5.41, 5.74) is -0.783. The molecule has 1 N–H and O–H groups in total. The van der Waals surface area contributed by atoms with E-state index in [0.717, 1.165) is 0 Å². The van der Waals surface area contributed by atoms with E-state index >= 15 is 0 Å². The number of carbonyl (C=O) groups excluding carboxylic acids is 1. The summed E-state index contributed by atoms with van der Waals surface area (Å²) in [6, 6.07) is 6.63. The fourth-order valence-electron chi connectivity index (χ4n) is 1.91. The molecular weight excluding hydrogens is 337 g/mol. The van der Waals surface area contributed by atoms with Gasteiger partial charge in [0.15, 0.2) is 23.3 Å². The normalized spacial score (nSPS) is 10.7. The van der Waals surface area contributed by atoms with Crippen molar-refractivity contribution in [2.75, 3.05) is 11.6 Å². The Morgan fingerprint density at radius 1 is 0.957 bits per heavy atom. The van der Waals surface area contributed by atoms with Gasteiger partial charge in [-0.3, -0.25) is 4.79 Å². The van der Waals surface area contributed by atoms with Crippen LogP contribution in [0.1, 0.15) is 5.56 Å². The molecule has 0 unspecified atom stereocenters. The predicted octanol–water partition coefficient (Wildman–Crippen LogP) is 4.29. The van der Waals surface area contributed by atoms with Crippen LogP contribution in [-0.4, -0.2) is 12.2 Å². The molecule has 2 nitrogen and oxygen atoms in total. The lowest BCUT2D eigenvalue weighted by atomic mass is 10.1. The molecule has 0 aliphatic rings. The minimum absolute atomic E-state index is 0.383. The number of thioether (sulfide) groups is 1. The molecule has 0 heterocycles. The maximum absolute atomic E-state index is 13.5. The molecule has 8 heteroatoms. The van der Waals surface area contributed by atoms with Gasteiger partial charge < -0.3 is 5.32 Å². The second-order valence-electron chi connectivity index (χ2n) is 4.47. The van der Waals surface area contributed by atoms with Gasteiger partial charge in [-0.05, 0) is 18.4 Å². The SMILES string of the molecule is CSc1ccccc1NC(=O)Cc1c(F)c(F)c(F)c(F)c1F. The van der Waals surface area contributed by atoms with Gasteiger partial charge in [0.05, 0.1) is 12.1 Å². The van der Waals surface area contributed by atoms with E-state index in [4.69, 9.17) is 0 Å². The minimum atomic E-state index is -2.25. The van der Waals surface area contributed by atoms with Gasteiger partial charge in [-0.2, -0.15) is 0 Å². The van der Waals surface area contributed by atoms with Gasteiger partial charge in [-0.15, -0.1) is 11.8 Å².